The van der Waals surface area contributed by atoms with Crippen LogP contribution < -0.4 is 35.0 Å². The van der Waals surface area contributed by atoms with Gasteiger partial charge in [0.15, 0.2) is 0 Å². The Morgan fingerprint density at radius 3 is 0.985 bits per heavy atom. The van der Waals surface area contributed by atoms with E-state index < -0.39 is 0 Å². The molecule has 8 rings (SSSR count). The van der Waals surface area contributed by atoms with Gasteiger partial charge in [0.05, 0.1) is 0 Å². The van der Waals surface area contributed by atoms with Crippen LogP contribution in [-0.4, -0.2) is 0 Å². The van der Waals surface area contributed by atoms with E-state index >= 15 is 0 Å². The molecule has 6 aromatic rings. The Kier molecular flexibility index (Phi) is 27.7. The molecule has 0 saturated carbocycles. The van der Waals surface area contributed by atoms with Crippen LogP contribution in [0.25, 0.3) is 11.1 Å². The third kappa shape index (κ3) is 18.4. The van der Waals surface area contributed by atoms with Gasteiger partial charge in [0.1, 0.15) is 0 Å². The van der Waals surface area contributed by atoms with Gasteiger partial charge >= 0.3 is 43.4 Å². The van der Waals surface area contributed by atoms with Gasteiger partial charge in [-0.15, -0.1) is 0 Å². The van der Waals surface area contributed by atoms with Crippen molar-refractivity contribution in [3.63, 3.8) is 0 Å². The summed E-state index contributed by atoms with van der Waals surface area (Å²) in [4.78, 5) is 0. The molecule has 0 atom stereocenters. The van der Waals surface area contributed by atoms with Crippen molar-refractivity contribution in [1.82, 2.24) is 0 Å². The van der Waals surface area contributed by atoms with Gasteiger partial charge in [-0.25, -0.2) is 24.3 Å². The maximum Gasteiger partial charge on any atom is 3.00 e. The molecule has 360 valence electrons. The van der Waals surface area contributed by atoms with Crippen LogP contribution >= 0.6 is 0 Å². The number of allylic oxidation sites excluding steroid dienone is 2. The number of fused-ring (bicyclic) bond motifs is 2. The maximum atomic E-state index is 13.3. The van der Waals surface area contributed by atoms with E-state index in [2.05, 4.69) is 182 Å². The average molecular weight is 1020 g/mol. The first-order valence-electron chi connectivity index (χ1n) is 23.7. The molecule has 0 bridgehead atoms. The number of benzene rings is 4. The van der Waals surface area contributed by atoms with Crippen LogP contribution in [0.15, 0.2) is 146 Å². The van der Waals surface area contributed by atoms with E-state index in [1.807, 2.05) is 60.7 Å². The first kappa shape index (κ1) is 64.7. The Hall–Kier alpha value is -3.33. The summed E-state index contributed by atoms with van der Waals surface area (Å²) < 4.78 is 0. The molecule has 0 unspecified atom stereocenters. The van der Waals surface area contributed by atoms with Crippen molar-refractivity contribution < 1.29 is 78.5 Å². The summed E-state index contributed by atoms with van der Waals surface area (Å²) in [5.41, 5.74) is 13.0. The third-order valence-electron chi connectivity index (χ3n) is 11.8. The van der Waals surface area contributed by atoms with Crippen molar-refractivity contribution in [2.45, 2.75) is 157 Å². The smallest absolute Gasteiger partial charge is 1.00 e. The minimum atomic E-state index is -0.161. The molecule has 6 heteroatoms. The Morgan fingerprint density at radius 1 is 0.426 bits per heavy atom. The minimum Gasteiger partial charge on any atom is -1.00 e. The van der Waals surface area contributed by atoms with Crippen molar-refractivity contribution in [2.24, 2.45) is 0 Å². The second kappa shape index (κ2) is 29.1. The predicted octanol–water partition coefficient (Wildman–Crippen LogP) is 10.1. The summed E-state index contributed by atoms with van der Waals surface area (Å²) in [7, 11) is 0. The zero-order valence-corrected chi connectivity index (χ0v) is 48.3. The standard InChI is InChI=1S/2C23H28O.C6H14.2C5H5.2ClH.2Ti/c2*1-22(2,3)16-13-19(21(24)20(14-16)23(4,5)6)18-12-11-15-9-7-8-10-17(15)18;1-3-5-6-4-2;2*1-2-4-5-3-1;;;;/h2*7-10,12-14,24H,11H2,1-6H3;3-6H2,1-2H3;2*1-5H;2*1H;;/q;;;2*-1;;;2*+3/p-4. The van der Waals surface area contributed by atoms with Gasteiger partial charge in [-0.3, -0.25) is 0 Å². The topological polar surface area (TPSA) is 46.1 Å². The quantitative estimate of drug-likeness (QED) is 0.0982. The number of halogens is 2. The molecular formula is C62H78Cl2O2Ti2. The van der Waals surface area contributed by atoms with Crippen LogP contribution in [0, 0.1) is 0 Å². The van der Waals surface area contributed by atoms with Crippen LogP contribution in [0.4, 0.5) is 0 Å². The first-order chi connectivity index (χ1) is 30.1. The van der Waals surface area contributed by atoms with E-state index in [4.69, 9.17) is 0 Å². The number of hydrogen-bond acceptors (Lipinski definition) is 2. The van der Waals surface area contributed by atoms with Crippen molar-refractivity contribution in [3.8, 4) is 11.5 Å². The molecule has 68 heavy (non-hydrogen) atoms. The average Bonchev–Trinajstić information content (AvgIpc) is 4.08. The molecule has 0 amide bonds. The maximum absolute atomic E-state index is 13.3. The Labute approximate surface area is 455 Å². The van der Waals surface area contributed by atoms with Gasteiger partial charge in [-0.05, 0) is 101 Å². The van der Waals surface area contributed by atoms with E-state index in [-0.39, 0.29) is 101 Å². The predicted molar refractivity (Wildman–Crippen MR) is 275 cm³/mol. The molecule has 0 fully saturated rings. The van der Waals surface area contributed by atoms with Crippen LogP contribution in [0.5, 0.6) is 11.5 Å². The fourth-order valence-corrected chi connectivity index (χ4v) is 7.86. The fraction of sp³-hybridized carbons (Fsp3) is 0.387. The second-order valence-corrected chi connectivity index (χ2v) is 21.4. The van der Waals surface area contributed by atoms with Crippen LogP contribution in [0.2, 0.25) is 0 Å². The van der Waals surface area contributed by atoms with Crippen molar-refractivity contribution >= 4 is 11.1 Å². The number of unbranched alkanes of at least 4 members (excludes halogenated alkanes) is 3. The normalized spacial score (nSPS) is 12.2. The van der Waals surface area contributed by atoms with Gasteiger partial charge in [-0.2, -0.15) is 36.4 Å². The first-order valence-corrected chi connectivity index (χ1v) is 23.7. The molecule has 2 nitrogen and oxygen atoms in total. The largest absolute Gasteiger partial charge is 3.00 e. The third-order valence-corrected chi connectivity index (χ3v) is 11.8. The van der Waals surface area contributed by atoms with Gasteiger partial charge < -0.3 is 35.0 Å². The summed E-state index contributed by atoms with van der Waals surface area (Å²) in [6.07, 6.45) is 11.8. The molecule has 0 aromatic heterocycles. The summed E-state index contributed by atoms with van der Waals surface area (Å²) in [6.45, 7) is 30.4. The Morgan fingerprint density at radius 2 is 0.735 bits per heavy atom. The second-order valence-electron chi connectivity index (χ2n) is 21.4. The molecule has 6 aromatic carbocycles. The van der Waals surface area contributed by atoms with Crippen LogP contribution in [0.1, 0.15) is 178 Å². The summed E-state index contributed by atoms with van der Waals surface area (Å²) >= 11 is 0. The zero-order chi connectivity index (χ0) is 47.3. The Balaban J connectivity index is 0.000000952. The summed E-state index contributed by atoms with van der Waals surface area (Å²) in [5.74, 6) is 0.358. The van der Waals surface area contributed by atoms with Crippen LogP contribution in [0.3, 0.4) is 0 Å². The van der Waals surface area contributed by atoms with E-state index in [1.165, 1.54) is 59.1 Å². The van der Waals surface area contributed by atoms with Gasteiger partial charge in [0.25, 0.3) is 0 Å². The molecule has 0 aliphatic heterocycles. The Bertz CT molecular complexity index is 2210. The number of rotatable bonds is 5. The van der Waals surface area contributed by atoms with E-state index in [1.54, 1.807) is 0 Å². The SMILES string of the molecule is CC(C)(C)c1cc(C2=CCc3ccccc32)c([O-])c(C(C)(C)C)c1.CC(C)(C)c1cc(C2=CCc3ccccc32)c([O-])c(C(C)(C)C)c1.CCCCCC.[Cl-].[Cl-].[Ti+3].[Ti+3].c1cc[cH-]c1.c1cc[cH-]c1. The van der Waals surface area contributed by atoms with E-state index in [9.17, 15) is 10.2 Å². The number of hydrogen-bond donors (Lipinski definition) is 0. The molecule has 0 spiro atoms. The fourth-order valence-electron chi connectivity index (χ4n) is 7.86. The van der Waals surface area contributed by atoms with Crippen molar-refractivity contribution in [1.29, 1.82) is 0 Å². The van der Waals surface area contributed by atoms with Gasteiger partial charge in [0.2, 0.25) is 0 Å². The van der Waals surface area contributed by atoms with E-state index in [0.717, 1.165) is 46.2 Å². The molecule has 2 aliphatic rings. The zero-order valence-electron chi connectivity index (χ0n) is 43.7. The molecule has 2 aliphatic carbocycles. The minimum absolute atomic E-state index is 0. The van der Waals surface area contributed by atoms with Gasteiger partial charge in [0, 0.05) is 0 Å². The molecule has 0 heterocycles. The molecule has 0 saturated heterocycles. The monoisotopic (exact) mass is 1020 g/mol. The summed E-state index contributed by atoms with van der Waals surface area (Å²) in [6, 6.07) is 45.3. The molecular weight excluding hydrogens is 943 g/mol. The van der Waals surface area contributed by atoms with Crippen molar-refractivity contribution in [3.05, 3.63) is 201 Å². The van der Waals surface area contributed by atoms with Crippen LogP contribution in [-0.2, 0) is 77.9 Å². The van der Waals surface area contributed by atoms with E-state index in [0.29, 0.717) is 0 Å². The molecule has 2 radical (unpaired) electrons. The summed E-state index contributed by atoms with van der Waals surface area (Å²) in [5, 5.41) is 26.5. The molecule has 0 N–H and O–H groups in total. The van der Waals surface area contributed by atoms with Crippen molar-refractivity contribution in [2.75, 3.05) is 0 Å². The van der Waals surface area contributed by atoms with Gasteiger partial charge in [-0.1, -0.05) is 219 Å².